The fraction of sp³-hybridized carbons (Fsp3) is 0.360. The van der Waals surface area contributed by atoms with E-state index in [1.165, 1.54) is 5.52 Å². The van der Waals surface area contributed by atoms with E-state index in [1.54, 1.807) is 21.3 Å². The van der Waals surface area contributed by atoms with E-state index in [4.69, 9.17) is 9.47 Å². The average Bonchev–Trinajstić information content (AvgIpc) is 3.13. The van der Waals surface area contributed by atoms with Gasteiger partial charge in [-0.05, 0) is 49.6 Å². The van der Waals surface area contributed by atoms with Gasteiger partial charge in [-0.2, -0.15) is 0 Å². The zero-order valence-electron chi connectivity index (χ0n) is 19.9. The topological polar surface area (TPSA) is 72.7 Å². The van der Waals surface area contributed by atoms with E-state index in [-0.39, 0.29) is 24.0 Å². The van der Waals surface area contributed by atoms with Crippen molar-refractivity contribution in [3.8, 4) is 11.5 Å². The van der Waals surface area contributed by atoms with E-state index in [0.29, 0.717) is 13.0 Å². The highest BCUT2D eigenvalue weighted by molar-refractivity contribution is 14.0. The average molecular weight is 563 g/mol. The molecule has 0 unspecified atom stereocenters. The largest absolute Gasteiger partial charge is 0.493 e. The van der Waals surface area contributed by atoms with Gasteiger partial charge in [0.15, 0.2) is 17.5 Å². The van der Waals surface area contributed by atoms with Crippen LogP contribution in [0.15, 0.2) is 54.0 Å². The number of ether oxygens (including phenoxy) is 2. The fourth-order valence-corrected chi connectivity index (χ4v) is 3.84. The Morgan fingerprint density at radius 3 is 2.67 bits per heavy atom. The third-order valence-corrected chi connectivity index (χ3v) is 5.36. The van der Waals surface area contributed by atoms with Crippen LogP contribution >= 0.6 is 24.0 Å². The van der Waals surface area contributed by atoms with Crippen LogP contribution in [-0.4, -0.2) is 43.3 Å². The van der Waals surface area contributed by atoms with Crippen molar-refractivity contribution in [2.45, 2.75) is 32.9 Å². The smallest absolute Gasteiger partial charge is 0.191 e. The van der Waals surface area contributed by atoms with E-state index in [0.717, 1.165) is 59.4 Å². The molecule has 7 nitrogen and oxygen atoms in total. The molecule has 8 heteroatoms. The van der Waals surface area contributed by atoms with E-state index in [1.807, 2.05) is 18.2 Å². The first kappa shape index (κ1) is 26.5. The molecule has 0 amide bonds. The zero-order chi connectivity index (χ0) is 22.9. The number of benzene rings is 2. The Hall–Kier alpha value is -2.75. The number of aliphatic imine (C=N–C) groups is 1. The fourth-order valence-electron chi connectivity index (χ4n) is 3.84. The number of para-hydroxylation sites is 2. The maximum absolute atomic E-state index is 5.52. The number of aromatic nitrogens is 2. The van der Waals surface area contributed by atoms with Crippen LogP contribution in [0.25, 0.3) is 11.0 Å². The van der Waals surface area contributed by atoms with E-state index in [9.17, 15) is 0 Å². The predicted octanol–water partition coefficient (Wildman–Crippen LogP) is 4.46. The standard InChI is InChI=1S/C25H33N5O2.HI/c1-6-10-20-15-19(16-23(31-4)24(20)32-5)17-28-25(26-3)27-13-9-14-30-18(2)29-21-11-7-8-12-22(21)30;/h6-8,11-12,15-16H,1,9-10,13-14,17H2,2-5H3,(H2,26,27,28);1H. The van der Waals surface area contributed by atoms with E-state index >= 15 is 0 Å². The third kappa shape index (κ3) is 6.63. The van der Waals surface area contributed by atoms with Crippen molar-refractivity contribution in [3.05, 3.63) is 66.0 Å². The first-order valence-corrected chi connectivity index (χ1v) is 10.8. The molecule has 0 atom stereocenters. The van der Waals surface area contributed by atoms with E-state index in [2.05, 4.69) is 62.9 Å². The number of guanidine groups is 1. The molecule has 33 heavy (non-hydrogen) atoms. The molecule has 1 aromatic heterocycles. The number of halogens is 1. The molecule has 0 saturated carbocycles. The highest BCUT2D eigenvalue weighted by Gasteiger charge is 2.12. The number of rotatable bonds is 10. The number of hydrogen-bond acceptors (Lipinski definition) is 4. The van der Waals surface area contributed by atoms with Crippen LogP contribution in [-0.2, 0) is 19.5 Å². The van der Waals surface area contributed by atoms with Crippen molar-refractivity contribution < 1.29 is 9.47 Å². The van der Waals surface area contributed by atoms with Gasteiger partial charge in [0, 0.05) is 32.2 Å². The summed E-state index contributed by atoms with van der Waals surface area (Å²) < 4.78 is 13.3. The predicted molar refractivity (Wildman–Crippen MR) is 146 cm³/mol. The number of imidazole rings is 1. The summed E-state index contributed by atoms with van der Waals surface area (Å²) in [6, 6.07) is 12.3. The van der Waals surface area contributed by atoms with Gasteiger partial charge in [-0.15, -0.1) is 30.6 Å². The molecule has 0 bridgehead atoms. The Morgan fingerprint density at radius 2 is 1.97 bits per heavy atom. The number of nitrogens with one attached hydrogen (secondary N) is 2. The van der Waals surface area contributed by atoms with Gasteiger partial charge in [0.1, 0.15) is 5.82 Å². The minimum absolute atomic E-state index is 0. The minimum Gasteiger partial charge on any atom is -0.493 e. The van der Waals surface area contributed by atoms with Crippen LogP contribution in [0.1, 0.15) is 23.4 Å². The van der Waals surface area contributed by atoms with Crippen LogP contribution in [0.2, 0.25) is 0 Å². The molecule has 0 radical (unpaired) electrons. The van der Waals surface area contributed by atoms with Gasteiger partial charge < -0.3 is 24.7 Å². The monoisotopic (exact) mass is 563 g/mol. The number of methoxy groups -OCH3 is 2. The summed E-state index contributed by atoms with van der Waals surface area (Å²) in [4.78, 5) is 8.98. The lowest BCUT2D eigenvalue weighted by Crippen LogP contribution is -2.37. The van der Waals surface area contributed by atoms with Gasteiger partial charge in [0.25, 0.3) is 0 Å². The van der Waals surface area contributed by atoms with Gasteiger partial charge >= 0.3 is 0 Å². The Kier molecular flexibility index (Phi) is 10.5. The molecule has 1 heterocycles. The number of allylic oxidation sites excluding steroid dienone is 1. The molecule has 0 spiro atoms. The molecule has 2 N–H and O–H groups in total. The summed E-state index contributed by atoms with van der Waals surface area (Å²) in [6.07, 6.45) is 3.53. The molecule has 0 aliphatic heterocycles. The Bertz CT molecular complexity index is 1090. The minimum atomic E-state index is 0. The third-order valence-electron chi connectivity index (χ3n) is 5.36. The van der Waals surface area contributed by atoms with Crippen molar-refractivity contribution in [1.29, 1.82) is 0 Å². The first-order valence-electron chi connectivity index (χ1n) is 10.8. The van der Waals surface area contributed by atoms with Crippen LogP contribution < -0.4 is 20.1 Å². The van der Waals surface area contributed by atoms with Crippen LogP contribution in [0.5, 0.6) is 11.5 Å². The van der Waals surface area contributed by atoms with Gasteiger partial charge in [0.05, 0.1) is 25.3 Å². The number of fused-ring (bicyclic) bond motifs is 1. The Morgan fingerprint density at radius 1 is 1.18 bits per heavy atom. The molecule has 0 fully saturated rings. The highest BCUT2D eigenvalue weighted by Crippen LogP contribution is 2.33. The van der Waals surface area contributed by atoms with Crippen molar-refractivity contribution in [3.63, 3.8) is 0 Å². The lowest BCUT2D eigenvalue weighted by atomic mass is 10.1. The van der Waals surface area contributed by atoms with Crippen LogP contribution in [0.3, 0.4) is 0 Å². The van der Waals surface area contributed by atoms with Crippen molar-refractivity contribution in [2.75, 3.05) is 27.8 Å². The molecule has 0 aliphatic carbocycles. The molecule has 0 saturated heterocycles. The second-order valence-electron chi connectivity index (χ2n) is 7.49. The number of hydrogen-bond donors (Lipinski definition) is 2. The van der Waals surface area contributed by atoms with Gasteiger partial charge in [0.2, 0.25) is 0 Å². The molecule has 3 aromatic rings. The summed E-state index contributed by atoms with van der Waals surface area (Å²) in [5.41, 5.74) is 4.35. The second-order valence-corrected chi connectivity index (χ2v) is 7.49. The lowest BCUT2D eigenvalue weighted by molar-refractivity contribution is 0.352. The van der Waals surface area contributed by atoms with Crippen molar-refractivity contribution >= 4 is 41.0 Å². The van der Waals surface area contributed by atoms with Crippen LogP contribution in [0.4, 0.5) is 0 Å². The summed E-state index contributed by atoms with van der Waals surface area (Å²) in [6.45, 7) is 8.22. The molecule has 2 aromatic carbocycles. The van der Waals surface area contributed by atoms with Crippen molar-refractivity contribution in [2.24, 2.45) is 4.99 Å². The van der Waals surface area contributed by atoms with Crippen molar-refractivity contribution in [1.82, 2.24) is 20.2 Å². The molecule has 178 valence electrons. The maximum atomic E-state index is 5.52. The summed E-state index contributed by atoms with van der Waals surface area (Å²) in [7, 11) is 5.08. The molecule has 0 aliphatic rings. The summed E-state index contributed by atoms with van der Waals surface area (Å²) in [5.74, 6) is 3.27. The van der Waals surface area contributed by atoms with Crippen LogP contribution in [0, 0.1) is 6.92 Å². The normalized spacial score (nSPS) is 11.1. The maximum Gasteiger partial charge on any atom is 0.191 e. The molecule has 3 rings (SSSR count). The van der Waals surface area contributed by atoms with Gasteiger partial charge in [-0.1, -0.05) is 18.2 Å². The van der Waals surface area contributed by atoms with Gasteiger partial charge in [-0.3, -0.25) is 4.99 Å². The summed E-state index contributed by atoms with van der Waals surface area (Å²) >= 11 is 0. The Labute approximate surface area is 213 Å². The molecular weight excluding hydrogens is 529 g/mol. The number of aryl methyl sites for hydroxylation is 2. The lowest BCUT2D eigenvalue weighted by Gasteiger charge is -2.16. The second kappa shape index (κ2) is 13.1. The highest BCUT2D eigenvalue weighted by atomic mass is 127. The SMILES string of the molecule is C=CCc1cc(CNC(=NC)NCCCn2c(C)nc3ccccc32)cc(OC)c1OC.I. The zero-order valence-corrected chi connectivity index (χ0v) is 22.2. The van der Waals surface area contributed by atoms with Gasteiger partial charge in [-0.25, -0.2) is 4.98 Å². The Balaban J connectivity index is 0.00000385. The summed E-state index contributed by atoms with van der Waals surface area (Å²) in [5, 5.41) is 6.77. The quantitative estimate of drug-likeness (QED) is 0.125. The first-order chi connectivity index (χ1) is 15.6. The van der Waals surface area contributed by atoms with E-state index < -0.39 is 0 Å². The number of nitrogens with zero attached hydrogens (tertiary/aromatic N) is 3. The molecular formula is C25H34IN5O2.